The monoisotopic (exact) mass is 312 g/mol. The third-order valence-electron chi connectivity index (χ3n) is 5.84. The summed E-state index contributed by atoms with van der Waals surface area (Å²) in [4.78, 5) is 27.1. The molecule has 121 valence electrons. The lowest BCUT2D eigenvalue weighted by Gasteiger charge is -2.35. The molecule has 2 amide bonds. The number of ether oxygens (including phenoxy) is 1. The summed E-state index contributed by atoms with van der Waals surface area (Å²) in [5.41, 5.74) is -0.711. The number of amides is 2. The summed E-state index contributed by atoms with van der Waals surface area (Å²) >= 11 is 0. The molecule has 5 radical (unpaired) electrons. The number of carbonyl (C=O) groups is 2. The van der Waals surface area contributed by atoms with E-state index >= 15 is 0 Å². The van der Waals surface area contributed by atoms with Crippen molar-refractivity contribution in [2.45, 2.75) is 38.8 Å². The van der Waals surface area contributed by atoms with Gasteiger partial charge < -0.3 is 4.74 Å². The highest BCUT2D eigenvalue weighted by molar-refractivity contribution is 5.96. The van der Waals surface area contributed by atoms with Gasteiger partial charge in [-0.2, -0.15) is 0 Å². The fourth-order valence-corrected chi connectivity index (χ4v) is 4.72. The molecule has 1 saturated heterocycles. The average molecular weight is 312 g/mol. The maximum Gasteiger partial charge on any atom is 0.417 e. The summed E-state index contributed by atoms with van der Waals surface area (Å²) in [7, 11) is 0. The van der Waals surface area contributed by atoms with Gasteiger partial charge in [0.1, 0.15) is 5.60 Å². The Bertz CT molecular complexity index is 561. The van der Waals surface area contributed by atoms with Gasteiger partial charge in [-0.3, -0.25) is 4.79 Å². The zero-order chi connectivity index (χ0) is 16.4. The molecule has 1 heterocycles. The van der Waals surface area contributed by atoms with Crippen molar-refractivity contribution in [2.75, 3.05) is 0 Å². The second-order valence-electron chi connectivity index (χ2n) is 7.63. The third kappa shape index (κ3) is 2.17. The van der Waals surface area contributed by atoms with Gasteiger partial charge in [0, 0.05) is 11.8 Å². The van der Waals surface area contributed by atoms with Gasteiger partial charge in [0.15, 0.2) is 0 Å². The minimum atomic E-state index is -0.711. The smallest absolute Gasteiger partial charge is 0.417 e. The molecule has 0 aromatic heterocycles. The van der Waals surface area contributed by atoms with Crippen LogP contribution in [0.2, 0.25) is 0 Å². The molecule has 4 nitrogen and oxygen atoms in total. The van der Waals surface area contributed by atoms with Gasteiger partial charge in [0.25, 0.3) is 0 Å². The quantitative estimate of drug-likeness (QED) is 0.737. The Balaban J connectivity index is 1.64. The van der Waals surface area contributed by atoms with Crippen LogP contribution in [0, 0.1) is 55.3 Å². The van der Waals surface area contributed by atoms with Crippen molar-refractivity contribution in [2.24, 2.45) is 23.7 Å². The molecular formula is C19H22NO3. The lowest BCUT2D eigenvalue weighted by Crippen LogP contribution is -2.51. The molecule has 0 unspecified atom stereocenters. The minimum absolute atomic E-state index is 0.0730. The van der Waals surface area contributed by atoms with Gasteiger partial charge in [-0.1, -0.05) is 19.1 Å². The number of imide groups is 1. The predicted octanol–water partition coefficient (Wildman–Crippen LogP) is 2.98. The van der Waals surface area contributed by atoms with Gasteiger partial charge in [-0.15, -0.1) is 0 Å². The molecule has 1 aliphatic heterocycles. The molecule has 3 aliphatic carbocycles. The summed E-state index contributed by atoms with van der Waals surface area (Å²) in [6, 6.07) is -0.354. The van der Waals surface area contributed by atoms with Crippen LogP contribution in [0.15, 0.2) is 12.2 Å². The van der Waals surface area contributed by atoms with Gasteiger partial charge in [0.2, 0.25) is 5.91 Å². The first kappa shape index (κ1) is 15.2. The van der Waals surface area contributed by atoms with E-state index in [1.165, 1.54) is 4.90 Å². The van der Waals surface area contributed by atoms with E-state index < -0.39 is 11.7 Å². The summed E-state index contributed by atoms with van der Waals surface area (Å²) in [6.45, 7) is 5.88. The van der Waals surface area contributed by atoms with E-state index in [0.29, 0.717) is 5.92 Å². The van der Waals surface area contributed by atoms with E-state index in [1.807, 2.05) is 39.5 Å². The second kappa shape index (κ2) is 5.09. The number of carbonyl (C=O) groups excluding carboxylic acids is 2. The van der Waals surface area contributed by atoms with E-state index in [4.69, 9.17) is 4.74 Å². The molecule has 2 saturated carbocycles. The molecule has 0 spiro atoms. The fraction of sp³-hybridized carbons (Fsp3) is 0.526. The number of allylic oxidation sites excluding steroid dienone is 2. The zero-order valence-corrected chi connectivity index (χ0v) is 13.7. The SMILES string of the molecule is C[C@@H]1[C@@H](C(=O)N2C(=O)OC(C)(C)[C@H]2[C]2[CH][CH][CH][CH]2)[C@@H]2C=C[C@H]1C2. The van der Waals surface area contributed by atoms with Crippen LogP contribution < -0.4 is 0 Å². The van der Waals surface area contributed by atoms with Crippen molar-refractivity contribution in [3.8, 4) is 0 Å². The van der Waals surface area contributed by atoms with Crippen molar-refractivity contribution >= 4 is 12.0 Å². The van der Waals surface area contributed by atoms with E-state index in [1.54, 1.807) is 0 Å². The summed E-state index contributed by atoms with van der Waals surface area (Å²) in [5.74, 6) is 1.80. The fourth-order valence-electron chi connectivity index (χ4n) is 4.72. The molecule has 23 heavy (non-hydrogen) atoms. The van der Waals surface area contributed by atoms with Crippen molar-refractivity contribution < 1.29 is 14.3 Å². The molecule has 3 fully saturated rings. The first-order chi connectivity index (χ1) is 10.9. The lowest BCUT2D eigenvalue weighted by atomic mass is 9.81. The maximum atomic E-state index is 13.2. The van der Waals surface area contributed by atoms with Crippen LogP contribution >= 0.6 is 0 Å². The summed E-state index contributed by atoms with van der Waals surface area (Å²) < 4.78 is 5.54. The van der Waals surface area contributed by atoms with Crippen LogP contribution in [0.1, 0.15) is 27.2 Å². The Morgan fingerprint density at radius 2 is 1.87 bits per heavy atom. The molecule has 0 N–H and O–H groups in total. The lowest BCUT2D eigenvalue weighted by molar-refractivity contribution is -0.135. The number of fused-ring (bicyclic) bond motifs is 2. The van der Waals surface area contributed by atoms with Crippen molar-refractivity contribution in [1.29, 1.82) is 0 Å². The highest BCUT2D eigenvalue weighted by Gasteiger charge is 2.58. The summed E-state index contributed by atoms with van der Waals surface area (Å²) in [5, 5.41) is 0. The first-order valence-electron chi connectivity index (χ1n) is 8.36. The Kier molecular flexibility index (Phi) is 3.37. The number of hydrogen-bond acceptors (Lipinski definition) is 3. The van der Waals surface area contributed by atoms with E-state index in [2.05, 4.69) is 19.1 Å². The number of cyclic esters (lactones) is 1. The molecule has 4 rings (SSSR count). The van der Waals surface area contributed by atoms with Crippen LogP contribution in [0.4, 0.5) is 4.79 Å². The molecule has 0 aromatic carbocycles. The molecule has 5 atom stereocenters. The van der Waals surface area contributed by atoms with Gasteiger partial charge >= 0.3 is 6.09 Å². The Morgan fingerprint density at radius 3 is 2.48 bits per heavy atom. The van der Waals surface area contributed by atoms with E-state index in [0.717, 1.165) is 12.3 Å². The van der Waals surface area contributed by atoms with Crippen LogP contribution in [-0.4, -0.2) is 28.5 Å². The van der Waals surface area contributed by atoms with Gasteiger partial charge in [-0.05, 0) is 63.7 Å². The highest BCUT2D eigenvalue weighted by Crippen LogP contribution is 2.50. The normalized spacial score (nSPS) is 41.8. The predicted molar refractivity (Wildman–Crippen MR) is 85.0 cm³/mol. The Labute approximate surface area is 138 Å². The Hall–Kier alpha value is -1.32. The van der Waals surface area contributed by atoms with Crippen LogP contribution in [0.25, 0.3) is 0 Å². The molecule has 4 aliphatic rings. The standard InChI is InChI=1S/C19H22NO3/c1-11-13-8-9-14(10-13)15(11)17(21)20-16(12-6-4-5-7-12)19(2,3)23-18(20)22/h4-9,11,13-16H,10H2,1-3H3/t11-,13-,14+,15+,16+/m0/s1. The van der Waals surface area contributed by atoms with Crippen LogP contribution in [0.3, 0.4) is 0 Å². The molecular weight excluding hydrogens is 290 g/mol. The Morgan fingerprint density at radius 1 is 1.22 bits per heavy atom. The third-order valence-corrected chi connectivity index (χ3v) is 5.84. The van der Waals surface area contributed by atoms with Crippen molar-refractivity contribution in [3.63, 3.8) is 0 Å². The van der Waals surface area contributed by atoms with Crippen molar-refractivity contribution in [3.05, 3.63) is 43.8 Å². The maximum absolute atomic E-state index is 13.2. The van der Waals surface area contributed by atoms with Crippen LogP contribution in [-0.2, 0) is 9.53 Å². The zero-order valence-electron chi connectivity index (χ0n) is 13.7. The summed E-state index contributed by atoms with van der Waals surface area (Å²) in [6.07, 6.45) is 12.7. The van der Waals surface area contributed by atoms with E-state index in [-0.39, 0.29) is 29.7 Å². The van der Waals surface area contributed by atoms with Crippen LogP contribution in [0.5, 0.6) is 0 Å². The molecule has 0 aromatic rings. The average Bonchev–Trinajstić information content (AvgIpc) is 3.21. The number of rotatable bonds is 2. The van der Waals surface area contributed by atoms with Gasteiger partial charge in [-0.25, -0.2) is 9.69 Å². The molecule has 4 heteroatoms. The second-order valence-corrected chi connectivity index (χ2v) is 7.63. The minimum Gasteiger partial charge on any atom is -0.441 e. The number of hydrogen-bond donors (Lipinski definition) is 0. The van der Waals surface area contributed by atoms with Crippen molar-refractivity contribution in [1.82, 2.24) is 4.90 Å². The highest BCUT2D eigenvalue weighted by atomic mass is 16.6. The molecule has 2 bridgehead atoms. The topological polar surface area (TPSA) is 46.6 Å². The largest absolute Gasteiger partial charge is 0.441 e. The van der Waals surface area contributed by atoms with Gasteiger partial charge in [0.05, 0.1) is 6.04 Å². The number of nitrogens with zero attached hydrogens (tertiary/aromatic N) is 1. The first-order valence-corrected chi connectivity index (χ1v) is 8.36. The van der Waals surface area contributed by atoms with E-state index in [9.17, 15) is 9.59 Å².